The molecule has 7 heteroatoms. The van der Waals surface area contributed by atoms with Gasteiger partial charge in [-0.2, -0.15) is 5.26 Å². The Hall–Kier alpha value is -3.76. The van der Waals surface area contributed by atoms with Crippen molar-refractivity contribution < 1.29 is 9.47 Å². The first kappa shape index (κ1) is 20.2. The molecule has 5 rings (SSSR count). The number of rotatable bonds is 6. The number of para-hydroxylation sites is 1. The van der Waals surface area contributed by atoms with Gasteiger partial charge in [0.05, 0.1) is 37.6 Å². The lowest BCUT2D eigenvalue weighted by atomic mass is 9.90. The summed E-state index contributed by atoms with van der Waals surface area (Å²) in [5.41, 5.74) is 7.11. The number of aromatic nitrogens is 3. The van der Waals surface area contributed by atoms with Gasteiger partial charge in [-0.1, -0.05) is 35.5 Å². The van der Waals surface area contributed by atoms with Crippen LogP contribution in [0.1, 0.15) is 47.3 Å². The normalized spacial score (nSPS) is 19.6. The quantitative estimate of drug-likeness (QED) is 0.588. The SMILES string of the molecule is COCc1cn([C@@H]2CC3=NC(c4ccccc4OC)C(c4ccc(C#N)cc4)=C3C2)nn1. The van der Waals surface area contributed by atoms with Crippen LogP contribution < -0.4 is 4.74 Å². The third kappa shape index (κ3) is 3.49. The maximum atomic E-state index is 9.22. The first-order valence-electron chi connectivity index (χ1n) is 10.5. The molecule has 0 bridgehead atoms. The standard InChI is InChI=1S/C25H23N5O2/c1-31-15-18-14-30(29-28-18)19-11-21-22(12-19)27-25(20-5-3-4-6-23(20)32-2)24(21)17-9-7-16(13-26)8-10-17/h3-10,14,19,25H,11-12,15H2,1-2H3/t19-,25?/m0/s1. The predicted octanol–water partition coefficient (Wildman–Crippen LogP) is 4.29. The topological polar surface area (TPSA) is 85.3 Å². The molecule has 2 aliphatic rings. The van der Waals surface area contributed by atoms with E-state index in [0.29, 0.717) is 12.2 Å². The van der Waals surface area contributed by atoms with E-state index in [4.69, 9.17) is 14.5 Å². The van der Waals surface area contributed by atoms with Gasteiger partial charge in [-0.3, -0.25) is 4.99 Å². The van der Waals surface area contributed by atoms with Crippen molar-refractivity contribution in [3.05, 3.63) is 82.7 Å². The second-order valence-corrected chi connectivity index (χ2v) is 7.99. The van der Waals surface area contributed by atoms with Crippen LogP contribution in [-0.4, -0.2) is 34.9 Å². The van der Waals surface area contributed by atoms with Gasteiger partial charge in [-0.05, 0) is 41.3 Å². The third-order valence-corrected chi connectivity index (χ3v) is 6.08. The Labute approximate surface area is 186 Å². The van der Waals surface area contributed by atoms with E-state index in [9.17, 15) is 5.26 Å². The van der Waals surface area contributed by atoms with Gasteiger partial charge in [-0.25, -0.2) is 4.68 Å². The summed E-state index contributed by atoms with van der Waals surface area (Å²) >= 11 is 0. The highest BCUT2D eigenvalue weighted by Gasteiger charge is 2.38. The second-order valence-electron chi connectivity index (χ2n) is 7.99. The first-order chi connectivity index (χ1) is 15.7. The monoisotopic (exact) mass is 425 g/mol. The smallest absolute Gasteiger partial charge is 0.124 e. The van der Waals surface area contributed by atoms with Crippen LogP contribution in [0.4, 0.5) is 0 Å². The van der Waals surface area contributed by atoms with E-state index in [-0.39, 0.29) is 12.1 Å². The van der Waals surface area contributed by atoms with Crippen molar-refractivity contribution in [1.82, 2.24) is 15.0 Å². The van der Waals surface area contributed by atoms with E-state index < -0.39 is 0 Å². The summed E-state index contributed by atoms with van der Waals surface area (Å²) in [5, 5.41) is 17.8. The number of methoxy groups -OCH3 is 2. The number of fused-ring (bicyclic) bond motifs is 1. The summed E-state index contributed by atoms with van der Waals surface area (Å²) in [5.74, 6) is 0.825. The summed E-state index contributed by atoms with van der Waals surface area (Å²) in [6.45, 7) is 0.447. The minimum atomic E-state index is -0.134. The van der Waals surface area contributed by atoms with Crippen molar-refractivity contribution in [1.29, 1.82) is 5.26 Å². The van der Waals surface area contributed by atoms with Crippen LogP contribution in [0.3, 0.4) is 0 Å². The van der Waals surface area contributed by atoms with E-state index in [1.807, 2.05) is 53.3 Å². The van der Waals surface area contributed by atoms with Crippen molar-refractivity contribution in [3.63, 3.8) is 0 Å². The highest BCUT2D eigenvalue weighted by molar-refractivity contribution is 6.12. The maximum absolute atomic E-state index is 9.22. The molecule has 2 aromatic carbocycles. The Bertz CT molecular complexity index is 1250. The first-order valence-corrected chi connectivity index (χ1v) is 10.5. The van der Waals surface area contributed by atoms with Gasteiger partial charge in [0.25, 0.3) is 0 Å². The predicted molar refractivity (Wildman–Crippen MR) is 120 cm³/mol. The van der Waals surface area contributed by atoms with Gasteiger partial charge < -0.3 is 9.47 Å². The molecule has 2 atom stereocenters. The number of aliphatic imine (C=N–C) groups is 1. The Morgan fingerprint density at radius 1 is 1.09 bits per heavy atom. The van der Waals surface area contributed by atoms with Crippen LogP contribution in [0, 0.1) is 11.3 Å². The molecular formula is C25H23N5O2. The summed E-state index contributed by atoms with van der Waals surface area (Å²) in [6.07, 6.45) is 3.58. The fourth-order valence-electron chi connectivity index (χ4n) is 4.62. The fraction of sp³-hybridized carbons (Fsp3) is 0.280. The molecule has 1 aliphatic heterocycles. The van der Waals surface area contributed by atoms with Crippen molar-refractivity contribution in [3.8, 4) is 11.8 Å². The largest absolute Gasteiger partial charge is 0.496 e. The molecule has 1 unspecified atom stereocenters. The fourth-order valence-corrected chi connectivity index (χ4v) is 4.62. The van der Waals surface area contributed by atoms with E-state index in [2.05, 4.69) is 22.4 Å². The molecule has 0 radical (unpaired) electrons. The molecule has 1 aliphatic carbocycles. The van der Waals surface area contributed by atoms with Crippen LogP contribution >= 0.6 is 0 Å². The minimum Gasteiger partial charge on any atom is -0.496 e. The third-order valence-electron chi connectivity index (χ3n) is 6.08. The number of hydrogen-bond donors (Lipinski definition) is 0. The van der Waals surface area contributed by atoms with Crippen molar-refractivity contribution in [2.75, 3.05) is 14.2 Å². The zero-order chi connectivity index (χ0) is 22.1. The number of allylic oxidation sites excluding steroid dienone is 1. The molecule has 0 N–H and O–H groups in total. The molecular weight excluding hydrogens is 402 g/mol. The van der Waals surface area contributed by atoms with Gasteiger partial charge in [-0.15, -0.1) is 5.10 Å². The summed E-state index contributed by atoms with van der Waals surface area (Å²) in [6, 6.07) is 18.0. The van der Waals surface area contributed by atoms with Crippen molar-refractivity contribution in [2.24, 2.45) is 4.99 Å². The number of benzene rings is 2. The number of nitrogens with zero attached hydrogens (tertiary/aromatic N) is 5. The molecule has 1 aromatic heterocycles. The van der Waals surface area contributed by atoms with Gasteiger partial charge in [0.1, 0.15) is 17.5 Å². The molecule has 1 fully saturated rings. The summed E-state index contributed by atoms with van der Waals surface area (Å²) < 4.78 is 12.7. The van der Waals surface area contributed by atoms with Crippen LogP contribution in [0.5, 0.6) is 5.75 Å². The van der Waals surface area contributed by atoms with Crippen LogP contribution in [0.2, 0.25) is 0 Å². The average Bonchev–Trinajstić information content (AvgIpc) is 3.54. The van der Waals surface area contributed by atoms with Gasteiger partial charge in [0.2, 0.25) is 0 Å². The molecule has 7 nitrogen and oxygen atoms in total. The maximum Gasteiger partial charge on any atom is 0.124 e. The van der Waals surface area contributed by atoms with E-state index in [0.717, 1.165) is 41.1 Å². The minimum absolute atomic E-state index is 0.134. The lowest BCUT2D eigenvalue weighted by Gasteiger charge is -2.19. The Morgan fingerprint density at radius 2 is 1.91 bits per heavy atom. The molecule has 0 spiro atoms. The van der Waals surface area contributed by atoms with E-state index in [1.54, 1.807) is 14.2 Å². The van der Waals surface area contributed by atoms with Crippen molar-refractivity contribution >= 4 is 11.3 Å². The van der Waals surface area contributed by atoms with Crippen LogP contribution in [0.15, 0.2) is 65.3 Å². The van der Waals surface area contributed by atoms with Gasteiger partial charge in [0.15, 0.2) is 0 Å². The molecule has 1 saturated carbocycles. The van der Waals surface area contributed by atoms with Crippen molar-refractivity contribution in [2.45, 2.75) is 31.5 Å². The molecule has 0 amide bonds. The zero-order valence-electron chi connectivity index (χ0n) is 18.0. The zero-order valence-corrected chi connectivity index (χ0v) is 18.0. The highest BCUT2D eigenvalue weighted by Crippen LogP contribution is 2.50. The molecule has 160 valence electrons. The molecule has 32 heavy (non-hydrogen) atoms. The Morgan fingerprint density at radius 3 is 2.66 bits per heavy atom. The lowest BCUT2D eigenvalue weighted by Crippen LogP contribution is -2.07. The molecule has 0 saturated heterocycles. The van der Waals surface area contributed by atoms with Gasteiger partial charge in [0, 0.05) is 24.8 Å². The molecule has 2 heterocycles. The summed E-state index contributed by atoms with van der Waals surface area (Å²) in [4.78, 5) is 5.16. The Balaban J connectivity index is 1.56. The van der Waals surface area contributed by atoms with Crippen LogP contribution in [-0.2, 0) is 11.3 Å². The van der Waals surface area contributed by atoms with Crippen LogP contribution in [0.25, 0.3) is 5.57 Å². The van der Waals surface area contributed by atoms with Gasteiger partial charge >= 0.3 is 0 Å². The lowest BCUT2D eigenvalue weighted by molar-refractivity contribution is 0.181. The average molecular weight is 425 g/mol. The summed E-state index contributed by atoms with van der Waals surface area (Å²) in [7, 11) is 3.34. The molecule has 3 aromatic rings. The van der Waals surface area contributed by atoms with E-state index in [1.165, 1.54) is 11.1 Å². The van der Waals surface area contributed by atoms with E-state index >= 15 is 0 Å². The number of ether oxygens (including phenoxy) is 2. The second kappa shape index (κ2) is 8.40. The number of nitriles is 1. The Kier molecular flexibility index (Phi) is 5.29. The number of hydrogen-bond acceptors (Lipinski definition) is 6. The highest BCUT2D eigenvalue weighted by atomic mass is 16.5.